The van der Waals surface area contributed by atoms with Crippen molar-refractivity contribution in [2.24, 2.45) is 5.92 Å². The molecule has 2 aromatic rings. The van der Waals surface area contributed by atoms with Crippen LogP contribution >= 0.6 is 0 Å². The lowest BCUT2D eigenvalue weighted by Gasteiger charge is -2.38. The van der Waals surface area contributed by atoms with Crippen LogP contribution in [0.4, 0.5) is 5.69 Å². The van der Waals surface area contributed by atoms with Gasteiger partial charge in [-0.15, -0.1) is 0 Å². The molecule has 0 bridgehead atoms. The maximum atomic E-state index is 13.3. The number of ether oxygens (including phenoxy) is 2. The molecule has 1 saturated carbocycles. The van der Waals surface area contributed by atoms with E-state index in [4.69, 9.17) is 9.47 Å². The van der Waals surface area contributed by atoms with Gasteiger partial charge in [0.25, 0.3) is 5.91 Å². The fraction of sp³-hybridized carbons (Fsp3) is 0.542. The number of hydrogen-bond acceptors (Lipinski definition) is 3. The first-order chi connectivity index (χ1) is 13.5. The zero-order valence-corrected chi connectivity index (χ0v) is 17.6. The Balaban J connectivity index is 1.91. The van der Waals surface area contributed by atoms with Crippen LogP contribution in [0.25, 0.3) is 10.8 Å². The zero-order valence-electron chi connectivity index (χ0n) is 17.6. The molecule has 28 heavy (non-hydrogen) atoms. The molecule has 1 fully saturated rings. The molecule has 0 unspecified atom stereocenters. The number of hydrogen-bond donors (Lipinski definition) is 1. The minimum absolute atomic E-state index is 0.0263. The van der Waals surface area contributed by atoms with Gasteiger partial charge in [0.2, 0.25) is 0 Å². The van der Waals surface area contributed by atoms with Gasteiger partial charge in [0.05, 0.1) is 6.10 Å². The van der Waals surface area contributed by atoms with Gasteiger partial charge in [-0.2, -0.15) is 0 Å². The van der Waals surface area contributed by atoms with Gasteiger partial charge < -0.3 is 14.8 Å². The summed E-state index contributed by atoms with van der Waals surface area (Å²) >= 11 is 0. The Labute approximate surface area is 168 Å². The molecule has 0 spiro atoms. The molecule has 0 radical (unpaired) electrons. The van der Waals surface area contributed by atoms with Crippen molar-refractivity contribution >= 4 is 22.4 Å². The van der Waals surface area contributed by atoms with Crippen LogP contribution in [0.3, 0.4) is 0 Å². The molecular formula is C24H33NO3. The van der Waals surface area contributed by atoms with Crippen molar-refractivity contribution in [1.82, 2.24) is 0 Å². The Hall–Kier alpha value is -2.07. The summed E-state index contributed by atoms with van der Waals surface area (Å²) in [4.78, 5) is 13.3. The highest BCUT2D eigenvalue weighted by molar-refractivity contribution is 6.06. The fourth-order valence-electron chi connectivity index (χ4n) is 4.20. The Kier molecular flexibility index (Phi) is 6.61. The monoisotopic (exact) mass is 383 g/mol. The van der Waals surface area contributed by atoms with Gasteiger partial charge >= 0.3 is 0 Å². The van der Waals surface area contributed by atoms with Crippen LogP contribution in [0.15, 0.2) is 36.4 Å². The first kappa shape index (κ1) is 20.7. The van der Waals surface area contributed by atoms with Crippen LogP contribution in [-0.2, 0) is 9.53 Å². The van der Waals surface area contributed by atoms with E-state index in [0.717, 1.165) is 54.3 Å². The molecule has 1 aliphatic rings. The van der Waals surface area contributed by atoms with E-state index in [2.05, 4.69) is 26.1 Å². The third-order valence-electron chi connectivity index (χ3n) is 5.83. The number of amides is 1. The van der Waals surface area contributed by atoms with Gasteiger partial charge in [-0.3, -0.25) is 4.79 Å². The summed E-state index contributed by atoms with van der Waals surface area (Å²) < 4.78 is 12.1. The molecule has 0 aromatic heterocycles. The van der Waals surface area contributed by atoms with E-state index >= 15 is 0 Å². The second-order valence-corrected chi connectivity index (χ2v) is 8.08. The van der Waals surface area contributed by atoms with Gasteiger partial charge in [-0.05, 0) is 57.6 Å². The first-order valence-electron chi connectivity index (χ1n) is 10.6. The van der Waals surface area contributed by atoms with Crippen LogP contribution in [0.2, 0.25) is 0 Å². The largest absolute Gasteiger partial charge is 0.490 e. The summed E-state index contributed by atoms with van der Waals surface area (Å²) in [6, 6.07) is 12.0. The molecule has 2 aromatic carbocycles. The lowest BCUT2D eigenvalue weighted by Crippen LogP contribution is -2.48. The normalized spacial score (nSPS) is 23.4. The lowest BCUT2D eigenvalue weighted by atomic mass is 9.78. The van der Waals surface area contributed by atoms with Gasteiger partial charge in [0.1, 0.15) is 11.4 Å². The van der Waals surface area contributed by atoms with Crippen LogP contribution in [0.1, 0.15) is 59.8 Å². The zero-order chi connectivity index (χ0) is 20.1. The average Bonchev–Trinajstić information content (AvgIpc) is 2.69. The maximum Gasteiger partial charge on any atom is 0.256 e. The highest BCUT2D eigenvalue weighted by Crippen LogP contribution is 2.38. The summed E-state index contributed by atoms with van der Waals surface area (Å²) in [6.45, 7) is 8.89. The summed E-state index contributed by atoms with van der Waals surface area (Å²) in [5.74, 6) is 1.32. The Morgan fingerprint density at radius 3 is 2.64 bits per heavy atom. The number of nitrogens with one attached hydrogen (secondary N) is 1. The second-order valence-electron chi connectivity index (χ2n) is 8.08. The van der Waals surface area contributed by atoms with Gasteiger partial charge in [0.15, 0.2) is 0 Å². The van der Waals surface area contributed by atoms with E-state index in [0.29, 0.717) is 12.5 Å². The predicted molar refractivity (Wildman–Crippen MR) is 115 cm³/mol. The SMILES string of the molecule is CCO[C@]1(C(=O)Nc2ccc(O[C@H](C)CC)c3ccccc23)CCC[C@@H](C)C1. The first-order valence-corrected chi connectivity index (χ1v) is 10.6. The second kappa shape index (κ2) is 8.95. The molecule has 1 amide bonds. The summed E-state index contributed by atoms with van der Waals surface area (Å²) in [6.07, 6.45) is 4.84. The molecule has 0 heterocycles. The van der Waals surface area contributed by atoms with E-state index in [1.165, 1.54) is 0 Å². The molecule has 152 valence electrons. The fourth-order valence-corrected chi connectivity index (χ4v) is 4.20. The van der Waals surface area contributed by atoms with Crippen LogP contribution < -0.4 is 10.1 Å². The Morgan fingerprint density at radius 2 is 1.96 bits per heavy atom. The molecule has 3 rings (SSSR count). The minimum atomic E-state index is -0.723. The van der Waals surface area contributed by atoms with Crippen LogP contribution in [-0.4, -0.2) is 24.2 Å². The van der Waals surface area contributed by atoms with Crippen molar-refractivity contribution in [3.05, 3.63) is 36.4 Å². The molecule has 1 N–H and O–H groups in total. The number of rotatable bonds is 7. The predicted octanol–water partition coefficient (Wildman–Crippen LogP) is 5.94. The highest BCUT2D eigenvalue weighted by atomic mass is 16.5. The molecule has 3 atom stereocenters. The number of benzene rings is 2. The van der Waals surface area contributed by atoms with Crippen molar-refractivity contribution in [2.75, 3.05) is 11.9 Å². The standard InChI is InChI=1S/C24H33NO3/c1-5-18(4)28-22-14-13-21(19-11-7-8-12-20(19)22)25-23(26)24(27-6-2)15-9-10-17(3)16-24/h7-8,11-14,17-18H,5-6,9-10,15-16H2,1-4H3,(H,25,26)/t17-,18-,24-/m1/s1. The van der Waals surface area contributed by atoms with Gasteiger partial charge in [0, 0.05) is 23.1 Å². The topological polar surface area (TPSA) is 47.6 Å². The highest BCUT2D eigenvalue weighted by Gasteiger charge is 2.42. The van der Waals surface area contributed by atoms with Crippen molar-refractivity contribution in [3.8, 4) is 5.75 Å². The molecular weight excluding hydrogens is 350 g/mol. The number of carbonyl (C=O) groups is 1. The van der Waals surface area contributed by atoms with E-state index in [-0.39, 0.29) is 12.0 Å². The van der Waals surface area contributed by atoms with E-state index < -0.39 is 5.60 Å². The van der Waals surface area contributed by atoms with Crippen LogP contribution in [0.5, 0.6) is 5.75 Å². The minimum Gasteiger partial charge on any atom is -0.490 e. The van der Waals surface area contributed by atoms with Gasteiger partial charge in [-0.1, -0.05) is 44.5 Å². The van der Waals surface area contributed by atoms with E-state index in [1.807, 2.05) is 43.3 Å². The average molecular weight is 384 g/mol. The number of anilines is 1. The summed E-state index contributed by atoms with van der Waals surface area (Å²) in [7, 11) is 0. The lowest BCUT2D eigenvalue weighted by molar-refractivity contribution is -0.147. The number of carbonyl (C=O) groups excluding carboxylic acids is 1. The van der Waals surface area contributed by atoms with Crippen molar-refractivity contribution in [1.29, 1.82) is 0 Å². The molecule has 4 nitrogen and oxygen atoms in total. The molecule has 4 heteroatoms. The number of fused-ring (bicyclic) bond motifs is 1. The quantitative estimate of drug-likeness (QED) is 0.643. The summed E-state index contributed by atoms with van der Waals surface area (Å²) in [5, 5.41) is 5.19. The maximum absolute atomic E-state index is 13.3. The van der Waals surface area contributed by atoms with E-state index in [1.54, 1.807) is 0 Å². The Bertz CT molecular complexity index is 815. The summed E-state index contributed by atoms with van der Waals surface area (Å²) in [5.41, 5.74) is 0.0915. The van der Waals surface area contributed by atoms with E-state index in [9.17, 15) is 4.79 Å². The van der Waals surface area contributed by atoms with Crippen LogP contribution in [0, 0.1) is 5.92 Å². The Morgan fingerprint density at radius 1 is 1.21 bits per heavy atom. The molecule has 0 saturated heterocycles. The third kappa shape index (κ3) is 4.33. The van der Waals surface area contributed by atoms with Crippen molar-refractivity contribution in [2.45, 2.75) is 71.5 Å². The molecule has 1 aliphatic carbocycles. The van der Waals surface area contributed by atoms with Gasteiger partial charge in [-0.25, -0.2) is 0 Å². The smallest absolute Gasteiger partial charge is 0.256 e. The van der Waals surface area contributed by atoms with Crippen molar-refractivity contribution in [3.63, 3.8) is 0 Å². The van der Waals surface area contributed by atoms with Crippen molar-refractivity contribution < 1.29 is 14.3 Å². The third-order valence-corrected chi connectivity index (χ3v) is 5.83. The molecule has 0 aliphatic heterocycles.